The first-order valence-corrected chi connectivity index (χ1v) is 9.68. The van der Waals surface area contributed by atoms with E-state index in [-0.39, 0.29) is 18.2 Å². The third kappa shape index (κ3) is 5.14. The Bertz CT molecular complexity index is 1030. The zero-order chi connectivity index (χ0) is 21.7. The molecule has 1 atom stereocenters. The van der Waals surface area contributed by atoms with E-state index in [1.807, 2.05) is 24.5 Å². The van der Waals surface area contributed by atoms with Gasteiger partial charge in [0.15, 0.2) is 12.7 Å². The Labute approximate surface area is 175 Å². The van der Waals surface area contributed by atoms with Crippen LogP contribution in [0.2, 0.25) is 0 Å². The van der Waals surface area contributed by atoms with Crippen molar-refractivity contribution < 1.29 is 23.5 Å². The van der Waals surface area contributed by atoms with Crippen LogP contribution in [-0.4, -0.2) is 29.0 Å². The lowest BCUT2D eigenvalue weighted by Gasteiger charge is -2.13. The molecule has 30 heavy (non-hydrogen) atoms. The van der Waals surface area contributed by atoms with Gasteiger partial charge in [0.2, 0.25) is 5.78 Å². The maximum Gasteiger partial charge on any atom is 0.347 e. The molecular weight excluding hydrogens is 385 g/mol. The second-order valence-corrected chi connectivity index (χ2v) is 7.10. The summed E-state index contributed by atoms with van der Waals surface area (Å²) in [5.41, 5.74) is 3.09. The fourth-order valence-corrected chi connectivity index (χ4v) is 3.18. The number of halogens is 1. The van der Waals surface area contributed by atoms with Gasteiger partial charge >= 0.3 is 5.97 Å². The third-order valence-electron chi connectivity index (χ3n) is 4.86. The number of carbonyl (C=O) groups excluding carboxylic acids is 2. The van der Waals surface area contributed by atoms with E-state index < -0.39 is 12.1 Å². The molecule has 156 valence electrons. The topological polar surface area (TPSA) is 57.5 Å². The number of rotatable bonds is 8. The average molecular weight is 409 g/mol. The Kier molecular flexibility index (Phi) is 6.67. The van der Waals surface area contributed by atoms with Crippen molar-refractivity contribution in [2.75, 3.05) is 6.61 Å². The number of Topliss-reactive ketones (excluding diaryl/α,β-unsaturated/α-hetero) is 1. The molecule has 0 radical (unpaired) electrons. The molecule has 6 heteroatoms. The number of aryl methyl sites for hydroxylation is 1. The zero-order valence-corrected chi connectivity index (χ0v) is 17.2. The van der Waals surface area contributed by atoms with Gasteiger partial charge < -0.3 is 14.0 Å². The smallest absolute Gasteiger partial charge is 0.347 e. The number of nitrogens with zero attached hydrogens (tertiary/aromatic N) is 1. The van der Waals surface area contributed by atoms with E-state index in [2.05, 4.69) is 0 Å². The van der Waals surface area contributed by atoms with Gasteiger partial charge in [-0.3, -0.25) is 4.79 Å². The van der Waals surface area contributed by atoms with Gasteiger partial charge in [-0.2, -0.15) is 0 Å². The van der Waals surface area contributed by atoms with Crippen molar-refractivity contribution in [2.45, 2.75) is 33.4 Å². The van der Waals surface area contributed by atoms with E-state index in [0.29, 0.717) is 17.9 Å². The molecule has 0 saturated heterocycles. The molecular formula is C24H24FNO4. The van der Waals surface area contributed by atoms with Crippen molar-refractivity contribution in [3.05, 3.63) is 89.0 Å². The van der Waals surface area contributed by atoms with Crippen LogP contribution in [0.3, 0.4) is 0 Å². The number of hydrogen-bond acceptors (Lipinski definition) is 4. The molecule has 0 aliphatic heterocycles. The summed E-state index contributed by atoms with van der Waals surface area (Å²) in [5, 5.41) is 0. The minimum atomic E-state index is -0.828. The van der Waals surface area contributed by atoms with E-state index >= 15 is 0 Å². The highest BCUT2D eigenvalue weighted by atomic mass is 19.1. The normalized spacial score (nSPS) is 11.7. The summed E-state index contributed by atoms with van der Waals surface area (Å²) < 4.78 is 25.8. The van der Waals surface area contributed by atoms with Gasteiger partial charge in [0.1, 0.15) is 11.6 Å². The van der Waals surface area contributed by atoms with Gasteiger partial charge in [-0.1, -0.05) is 30.3 Å². The molecule has 0 unspecified atom stereocenters. The molecule has 3 rings (SSSR count). The maximum absolute atomic E-state index is 13.1. The monoisotopic (exact) mass is 409 g/mol. The van der Waals surface area contributed by atoms with Crippen molar-refractivity contribution in [1.82, 2.24) is 4.57 Å². The SMILES string of the molecule is Cc1cc(C(=O)COC(=O)[C@@H](C)Oc2ccccc2)c(C)n1Cc1ccc(F)cc1. The first-order chi connectivity index (χ1) is 14.3. The summed E-state index contributed by atoms with van der Waals surface area (Å²) in [6, 6.07) is 17.0. The highest BCUT2D eigenvalue weighted by Gasteiger charge is 2.21. The van der Waals surface area contributed by atoms with Gasteiger partial charge in [0.05, 0.1) is 0 Å². The Hall–Kier alpha value is -3.41. The predicted octanol–water partition coefficient (Wildman–Crippen LogP) is 4.49. The van der Waals surface area contributed by atoms with E-state index in [1.165, 1.54) is 12.1 Å². The minimum Gasteiger partial charge on any atom is -0.479 e. The molecule has 2 aromatic carbocycles. The van der Waals surface area contributed by atoms with Crippen LogP contribution in [0.4, 0.5) is 4.39 Å². The molecule has 1 heterocycles. The second-order valence-electron chi connectivity index (χ2n) is 7.10. The molecule has 0 bridgehead atoms. The quantitative estimate of drug-likeness (QED) is 0.406. The molecule has 3 aromatic rings. The van der Waals surface area contributed by atoms with Crippen LogP contribution in [-0.2, 0) is 16.1 Å². The molecule has 0 spiro atoms. The van der Waals surface area contributed by atoms with Crippen molar-refractivity contribution in [2.24, 2.45) is 0 Å². The standard InChI is InChI=1S/C24H24FNO4/c1-16-13-22(17(2)26(16)14-19-9-11-20(25)12-10-19)23(27)15-29-24(28)18(3)30-21-7-5-4-6-8-21/h4-13,18H,14-15H2,1-3H3/t18-/m1/s1. The van der Waals surface area contributed by atoms with Crippen LogP contribution in [0.25, 0.3) is 0 Å². The van der Waals surface area contributed by atoms with Crippen LogP contribution >= 0.6 is 0 Å². The Morgan fingerprint density at radius 1 is 1.03 bits per heavy atom. The van der Waals surface area contributed by atoms with E-state index in [4.69, 9.17) is 9.47 Å². The Morgan fingerprint density at radius 2 is 1.70 bits per heavy atom. The lowest BCUT2D eigenvalue weighted by Crippen LogP contribution is -2.28. The number of hydrogen-bond donors (Lipinski definition) is 0. The summed E-state index contributed by atoms with van der Waals surface area (Å²) in [5.74, 6) is -0.624. The summed E-state index contributed by atoms with van der Waals surface area (Å²) >= 11 is 0. The number of carbonyl (C=O) groups is 2. The van der Waals surface area contributed by atoms with E-state index in [9.17, 15) is 14.0 Å². The molecule has 0 aliphatic rings. The van der Waals surface area contributed by atoms with Gasteiger partial charge in [0, 0.05) is 23.5 Å². The fourth-order valence-electron chi connectivity index (χ4n) is 3.18. The van der Waals surface area contributed by atoms with Gasteiger partial charge in [0.25, 0.3) is 0 Å². The molecule has 0 aliphatic carbocycles. The van der Waals surface area contributed by atoms with Gasteiger partial charge in [-0.05, 0) is 56.7 Å². The van der Waals surface area contributed by atoms with Crippen molar-refractivity contribution in [3.63, 3.8) is 0 Å². The third-order valence-corrected chi connectivity index (χ3v) is 4.86. The highest BCUT2D eigenvalue weighted by molar-refractivity contribution is 5.99. The number of benzene rings is 2. The number of ketones is 1. The van der Waals surface area contributed by atoms with Gasteiger partial charge in [-0.15, -0.1) is 0 Å². The van der Waals surface area contributed by atoms with Crippen molar-refractivity contribution in [3.8, 4) is 5.75 Å². The zero-order valence-electron chi connectivity index (χ0n) is 17.2. The Balaban J connectivity index is 1.61. The molecule has 0 amide bonds. The second kappa shape index (κ2) is 9.39. The molecule has 0 saturated carbocycles. The van der Waals surface area contributed by atoms with E-state index in [1.54, 1.807) is 49.4 Å². The minimum absolute atomic E-state index is 0.284. The summed E-state index contributed by atoms with van der Waals surface area (Å²) in [4.78, 5) is 24.8. The number of para-hydroxylation sites is 1. The first kappa shape index (κ1) is 21.3. The summed E-state index contributed by atoms with van der Waals surface area (Å²) in [6.45, 7) is 5.48. The van der Waals surface area contributed by atoms with Crippen molar-refractivity contribution in [1.29, 1.82) is 0 Å². The average Bonchev–Trinajstić information content (AvgIpc) is 3.02. The molecule has 0 fully saturated rings. The molecule has 1 aromatic heterocycles. The van der Waals surface area contributed by atoms with Crippen LogP contribution in [0.5, 0.6) is 5.75 Å². The molecule has 0 N–H and O–H groups in total. The first-order valence-electron chi connectivity index (χ1n) is 9.68. The number of aromatic nitrogens is 1. The lowest BCUT2D eigenvalue weighted by atomic mass is 10.1. The predicted molar refractivity (Wildman–Crippen MR) is 111 cm³/mol. The van der Waals surface area contributed by atoms with Crippen molar-refractivity contribution >= 4 is 11.8 Å². The van der Waals surface area contributed by atoms with Gasteiger partial charge in [-0.25, -0.2) is 9.18 Å². The highest BCUT2D eigenvalue weighted by Crippen LogP contribution is 2.18. The summed E-state index contributed by atoms with van der Waals surface area (Å²) in [6.07, 6.45) is -0.828. The fraction of sp³-hybridized carbons (Fsp3) is 0.250. The number of esters is 1. The Morgan fingerprint density at radius 3 is 2.37 bits per heavy atom. The largest absolute Gasteiger partial charge is 0.479 e. The van der Waals surface area contributed by atoms with Crippen LogP contribution in [0, 0.1) is 19.7 Å². The summed E-state index contributed by atoms with van der Waals surface area (Å²) in [7, 11) is 0. The lowest BCUT2D eigenvalue weighted by molar-refractivity contribution is -0.149. The van der Waals surface area contributed by atoms with Crippen LogP contribution < -0.4 is 4.74 Å². The van der Waals surface area contributed by atoms with E-state index in [0.717, 1.165) is 17.0 Å². The maximum atomic E-state index is 13.1. The van der Waals surface area contributed by atoms with Crippen LogP contribution in [0.1, 0.15) is 34.2 Å². The van der Waals surface area contributed by atoms with Crippen LogP contribution in [0.15, 0.2) is 60.7 Å². The number of ether oxygens (including phenoxy) is 2. The molecule has 5 nitrogen and oxygen atoms in total.